The van der Waals surface area contributed by atoms with Crippen LogP contribution in [0, 0.1) is 5.92 Å². The number of aromatic nitrogens is 2. The quantitative estimate of drug-likeness (QED) is 0.849. The van der Waals surface area contributed by atoms with Crippen LogP contribution in [-0.4, -0.2) is 29.1 Å². The van der Waals surface area contributed by atoms with Crippen molar-refractivity contribution in [1.29, 1.82) is 0 Å². The zero-order valence-corrected chi connectivity index (χ0v) is 12.4. The molecular formula is C16H20N4O2. The fraction of sp³-hybridized carbons (Fsp3) is 0.438. The molecule has 1 aromatic heterocycles. The molecule has 0 spiro atoms. The number of hydrogen-bond acceptors (Lipinski definition) is 5. The van der Waals surface area contributed by atoms with E-state index in [2.05, 4.69) is 20.8 Å². The lowest BCUT2D eigenvalue weighted by molar-refractivity contribution is -0.121. The van der Waals surface area contributed by atoms with E-state index in [0.29, 0.717) is 24.1 Å². The molecule has 2 heterocycles. The fourth-order valence-corrected chi connectivity index (χ4v) is 2.59. The van der Waals surface area contributed by atoms with Gasteiger partial charge in [-0.05, 0) is 31.8 Å². The Balaban J connectivity index is 1.45. The summed E-state index contributed by atoms with van der Waals surface area (Å²) in [7, 11) is 0. The molecule has 3 rings (SSSR count). The zero-order valence-electron chi connectivity index (χ0n) is 12.4. The molecular weight excluding hydrogens is 280 g/mol. The van der Waals surface area contributed by atoms with Gasteiger partial charge in [0.1, 0.15) is 0 Å². The molecule has 6 nitrogen and oxygen atoms in total. The Morgan fingerprint density at radius 1 is 1.36 bits per heavy atom. The Labute approximate surface area is 129 Å². The van der Waals surface area contributed by atoms with Gasteiger partial charge in [0, 0.05) is 12.0 Å². The number of benzene rings is 1. The van der Waals surface area contributed by atoms with Gasteiger partial charge in [-0.2, -0.15) is 4.98 Å². The van der Waals surface area contributed by atoms with E-state index in [4.69, 9.17) is 4.52 Å². The van der Waals surface area contributed by atoms with Gasteiger partial charge in [-0.3, -0.25) is 4.79 Å². The first kappa shape index (κ1) is 14.7. The highest BCUT2D eigenvalue weighted by Gasteiger charge is 2.16. The highest BCUT2D eigenvalue weighted by molar-refractivity contribution is 5.75. The monoisotopic (exact) mass is 300 g/mol. The van der Waals surface area contributed by atoms with Gasteiger partial charge < -0.3 is 15.2 Å². The van der Waals surface area contributed by atoms with Crippen LogP contribution in [0.3, 0.4) is 0 Å². The molecule has 1 amide bonds. The highest BCUT2D eigenvalue weighted by atomic mass is 16.5. The fourth-order valence-electron chi connectivity index (χ4n) is 2.59. The second kappa shape index (κ2) is 7.17. The predicted molar refractivity (Wildman–Crippen MR) is 81.8 cm³/mol. The molecule has 6 heteroatoms. The maximum absolute atomic E-state index is 11.8. The summed E-state index contributed by atoms with van der Waals surface area (Å²) in [4.78, 5) is 16.1. The summed E-state index contributed by atoms with van der Waals surface area (Å²) in [5, 5.41) is 10.1. The lowest BCUT2D eigenvalue weighted by Gasteiger charge is -2.07. The van der Waals surface area contributed by atoms with E-state index >= 15 is 0 Å². The van der Waals surface area contributed by atoms with Crippen molar-refractivity contribution in [3.8, 4) is 11.4 Å². The van der Waals surface area contributed by atoms with Crippen LogP contribution in [0.5, 0.6) is 0 Å². The van der Waals surface area contributed by atoms with Crippen molar-refractivity contribution < 1.29 is 9.32 Å². The van der Waals surface area contributed by atoms with Crippen molar-refractivity contribution in [1.82, 2.24) is 20.8 Å². The number of rotatable bonds is 6. The van der Waals surface area contributed by atoms with Crippen molar-refractivity contribution >= 4 is 5.91 Å². The van der Waals surface area contributed by atoms with Crippen molar-refractivity contribution in [3.05, 3.63) is 36.2 Å². The predicted octanol–water partition coefficient (Wildman–Crippen LogP) is 1.74. The third kappa shape index (κ3) is 3.92. The molecule has 116 valence electrons. The van der Waals surface area contributed by atoms with Crippen molar-refractivity contribution in [3.63, 3.8) is 0 Å². The number of amides is 1. The average Bonchev–Trinajstić information content (AvgIpc) is 3.23. The van der Waals surface area contributed by atoms with Gasteiger partial charge >= 0.3 is 0 Å². The smallest absolute Gasteiger partial charge is 0.246 e. The summed E-state index contributed by atoms with van der Waals surface area (Å²) in [5.41, 5.74) is 0.901. The summed E-state index contributed by atoms with van der Waals surface area (Å²) in [6, 6.07) is 9.62. The van der Waals surface area contributed by atoms with E-state index in [-0.39, 0.29) is 12.5 Å². The lowest BCUT2D eigenvalue weighted by Crippen LogP contribution is -2.23. The number of nitrogens with zero attached hydrogens (tertiary/aromatic N) is 2. The number of carbonyl (C=O) groups is 1. The molecule has 1 saturated heterocycles. The molecule has 1 atom stereocenters. The van der Waals surface area contributed by atoms with Gasteiger partial charge in [-0.25, -0.2) is 0 Å². The standard InChI is InChI=1S/C16H20N4O2/c21-14(7-6-12-8-9-17-10-12)18-11-15-19-16(20-22-15)13-4-2-1-3-5-13/h1-5,12,17H,6-11H2,(H,18,21). The van der Waals surface area contributed by atoms with Crippen LogP contribution in [-0.2, 0) is 11.3 Å². The van der Waals surface area contributed by atoms with E-state index in [0.717, 1.165) is 31.5 Å². The molecule has 2 aromatic rings. The van der Waals surface area contributed by atoms with Crippen molar-refractivity contribution in [2.75, 3.05) is 13.1 Å². The highest BCUT2D eigenvalue weighted by Crippen LogP contribution is 2.15. The Hall–Kier alpha value is -2.21. The third-order valence-corrected chi connectivity index (χ3v) is 3.88. The first-order valence-electron chi connectivity index (χ1n) is 7.66. The molecule has 0 bridgehead atoms. The number of nitrogens with one attached hydrogen (secondary N) is 2. The van der Waals surface area contributed by atoms with Crippen LogP contribution in [0.2, 0.25) is 0 Å². The lowest BCUT2D eigenvalue weighted by atomic mass is 10.0. The normalized spacial score (nSPS) is 17.5. The molecule has 1 unspecified atom stereocenters. The minimum atomic E-state index is 0.0337. The van der Waals surface area contributed by atoms with Crippen LogP contribution in [0.4, 0.5) is 0 Å². The Kier molecular flexibility index (Phi) is 4.80. The molecule has 0 radical (unpaired) electrons. The van der Waals surface area contributed by atoms with Crippen molar-refractivity contribution in [2.24, 2.45) is 5.92 Å². The van der Waals surface area contributed by atoms with E-state index < -0.39 is 0 Å². The summed E-state index contributed by atoms with van der Waals surface area (Å²) < 4.78 is 5.16. The van der Waals surface area contributed by atoms with Crippen LogP contribution in [0.25, 0.3) is 11.4 Å². The second-order valence-electron chi connectivity index (χ2n) is 5.55. The molecule has 2 N–H and O–H groups in total. The van der Waals surface area contributed by atoms with Crippen LogP contribution in [0.15, 0.2) is 34.9 Å². The van der Waals surface area contributed by atoms with Crippen LogP contribution < -0.4 is 10.6 Å². The number of carbonyl (C=O) groups excluding carboxylic acids is 1. The van der Waals surface area contributed by atoms with E-state index in [1.165, 1.54) is 0 Å². The summed E-state index contributed by atoms with van der Waals surface area (Å²) >= 11 is 0. The summed E-state index contributed by atoms with van der Waals surface area (Å²) in [6.45, 7) is 2.37. The van der Waals surface area contributed by atoms with E-state index in [1.54, 1.807) is 0 Å². The SMILES string of the molecule is O=C(CCC1CCNC1)NCc1nc(-c2ccccc2)no1. The van der Waals surface area contributed by atoms with Crippen molar-refractivity contribution in [2.45, 2.75) is 25.8 Å². The Morgan fingerprint density at radius 3 is 3.00 bits per heavy atom. The van der Waals surface area contributed by atoms with Gasteiger partial charge in [-0.15, -0.1) is 0 Å². The molecule has 0 aliphatic carbocycles. The van der Waals surface area contributed by atoms with E-state index in [1.807, 2.05) is 30.3 Å². The maximum Gasteiger partial charge on any atom is 0.246 e. The first-order valence-corrected chi connectivity index (χ1v) is 7.66. The molecule has 1 aliphatic heterocycles. The topological polar surface area (TPSA) is 80.0 Å². The summed E-state index contributed by atoms with van der Waals surface area (Å²) in [5.74, 6) is 1.63. The zero-order chi connectivity index (χ0) is 15.2. The maximum atomic E-state index is 11.8. The number of hydrogen-bond donors (Lipinski definition) is 2. The van der Waals surface area contributed by atoms with Gasteiger partial charge in [0.05, 0.1) is 6.54 Å². The third-order valence-electron chi connectivity index (χ3n) is 3.88. The van der Waals surface area contributed by atoms with Crippen LogP contribution >= 0.6 is 0 Å². The van der Waals surface area contributed by atoms with Gasteiger partial charge in [0.2, 0.25) is 17.6 Å². The minimum absolute atomic E-state index is 0.0337. The Morgan fingerprint density at radius 2 is 2.23 bits per heavy atom. The molecule has 1 aromatic carbocycles. The first-order chi connectivity index (χ1) is 10.8. The van der Waals surface area contributed by atoms with Gasteiger partial charge in [0.25, 0.3) is 0 Å². The van der Waals surface area contributed by atoms with Gasteiger partial charge in [-0.1, -0.05) is 35.5 Å². The molecule has 22 heavy (non-hydrogen) atoms. The average molecular weight is 300 g/mol. The molecule has 0 saturated carbocycles. The summed E-state index contributed by atoms with van der Waals surface area (Å²) in [6.07, 6.45) is 2.64. The second-order valence-corrected chi connectivity index (χ2v) is 5.55. The minimum Gasteiger partial charge on any atom is -0.347 e. The molecule has 1 fully saturated rings. The van der Waals surface area contributed by atoms with Gasteiger partial charge in [0.15, 0.2) is 0 Å². The largest absolute Gasteiger partial charge is 0.347 e. The van der Waals surface area contributed by atoms with E-state index in [9.17, 15) is 4.79 Å². The molecule has 1 aliphatic rings. The Bertz CT molecular complexity index is 606. The van der Waals surface area contributed by atoms with Crippen LogP contribution in [0.1, 0.15) is 25.2 Å².